The van der Waals surface area contributed by atoms with Crippen LogP contribution >= 0.6 is 0 Å². The molecule has 2 aliphatic heterocycles. The van der Waals surface area contributed by atoms with Crippen molar-refractivity contribution in [3.05, 3.63) is 47.6 Å². The van der Waals surface area contributed by atoms with Crippen LogP contribution in [0.3, 0.4) is 0 Å². The zero-order valence-electron chi connectivity index (χ0n) is 17.1. The molecule has 154 valence electrons. The Labute approximate surface area is 171 Å². The minimum absolute atomic E-state index is 0.0721. The van der Waals surface area contributed by atoms with Crippen LogP contribution in [0, 0.1) is 0 Å². The minimum Gasteiger partial charge on any atom is -0.338 e. The van der Waals surface area contributed by atoms with Gasteiger partial charge < -0.3 is 4.52 Å². The van der Waals surface area contributed by atoms with Crippen molar-refractivity contribution in [3.63, 3.8) is 0 Å². The molecule has 8 heteroatoms. The van der Waals surface area contributed by atoms with Crippen molar-refractivity contribution in [1.29, 1.82) is 0 Å². The number of hydrogen-bond donors (Lipinski definition) is 0. The zero-order valence-corrected chi connectivity index (χ0v) is 17.1. The van der Waals surface area contributed by atoms with E-state index in [9.17, 15) is 4.79 Å². The standard InChI is InChI=1S/C21H28N6O2/c1-16(2)21-22-19(29-24-21)14-25-10-12-26(13-11-25)15-20(28)27-9-8-18(23-27)17-6-4-3-5-7-17/h3-7,16H,8-15H2,1-2H3. The van der Waals surface area contributed by atoms with Gasteiger partial charge >= 0.3 is 0 Å². The van der Waals surface area contributed by atoms with E-state index in [1.807, 2.05) is 30.3 Å². The normalized spacial score (nSPS) is 18.4. The van der Waals surface area contributed by atoms with Crippen molar-refractivity contribution in [2.45, 2.75) is 32.7 Å². The highest BCUT2D eigenvalue weighted by atomic mass is 16.5. The Bertz CT molecular complexity index is 855. The molecule has 29 heavy (non-hydrogen) atoms. The first-order chi connectivity index (χ1) is 14.1. The summed E-state index contributed by atoms with van der Waals surface area (Å²) in [5.74, 6) is 1.76. The lowest BCUT2D eigenvalue weighted by Crippen LogP contribution is -2.49. The van der Waals surface area contributed by atoms with Crippen molar-refractivity contribution >= 4 is 11.6 Å². The Morgan fingerprint density at radius 3 is 2.48 bits per heavy atom. The Hall–Kier alpha value is -2.58. The van der Waals surface area contributed by atoms with E-state index in [0.717, 1.165) is 49.7 Å². The van der Waals surface area contributed by atoms with Gasteiger partial charge in [-0.15, -0.1) is 0 Å². The van der Waals surface area contributed by atoms with E-state index in [2.05, 4.69) is 38.9 Å². The van der Waals surface area contributed by atoms with Crippen molar-refractivity contribution in [3.8, 4) is 0 Å². The first-order valence-corrected chi connectivity index (χ1v) is 10.3. The maximum Gasteiger partial charge on any atom is 0.256 e. The van der Waals surface area contributed by atoms with E-state index in [-0.39, 0.29) is 11.8 Å². The van der Waals surface area contributed by atoms with E-state index in [4.69, 9.17) is 4.52 Å². The van der Waals surface area contributed by atoms with E-state index in [1.165, 1.54) is 0 Å². The summed E-state index contributed by atoms with van der Waals surface area (Å²) in [6.07, 6.45) is 0.812. The number of amides is 1. The second-order valence-electron chi connectivity index (χ2n) is 7.93. The highest BCUT2D eigenvalue weighted by Gasteiger charge is 2.26. The summed E-state index contributed by atoms with van der Waals surface area (Å²) in [5, 5.41) is 10.2. The fraction of sp³-hybridized carbons (Fsp3) is 0.524. The average Bonchev–Trinajstić information content (AvgIpc) is 3.40. The quantitative estimate of drug-likeness (QED) is 0.743. The van der Waals surface area contributed by atoms with Gasteiger partial charge in [0.1, 0.15) is 0 Å². The largest absolute Gasteiger partial charge is 0.338 e. The van der Waals surface area contributed by atoms with Gasteiger partial charge in [0.15, 0.2) is 5.82 Å². The lowest BCUT2D eigenvalue weighted by Gasteiger charge is -2.33. The molecule has 0 atom stereocenters. The van der Waals surface area contributed by atoms with Gasteiger partial charge in [-0.25, -0.2) is 5.01 Å². The molecule has 0 unspecified atom stereocenters. The molecule has 0 radical (unpaired) electrons. The maximum absolute atomic E-state index is 12.7. The molecule has 2 aromatic rings. The fourth-order valence-electron chi connectivity index (χ4n) is 3.61. The van der Waals surface area contributed by atoms with Gasteiger partial charge in [-0.3, -0.25) is 14.6 Å². The molecule has 3 heterocycles. The van der Waals surface area contributed by atoms with Crippen molar-refractivity contribution in [1.82, 2.24) is 24.9 Å². The molecule has 4 rings (SSSR count). The molecular formula is C21H28N6O2. The van der Waals surface area contributed by atoms with Crippen LogP contribution in [0.25, 0.3) is 0 Å². The lowest BCUT2D eigenvalue weighted by atomic mass is 10.1. The Kier molecular flexibility index (Phi) is 6.01. The Balaban J connectivity index is 1.24. The molecule has 2 aliphatic rings. The Morgan fingerprint density at radius 1 is 1.07 bits per heavy atom. The van der Waals surface area contributed by atoms with Crippen LogP contribution < -0.4 is 0 Å². The predicted molar refractivity (Wildman–Crippen MR) is 109 cm³/mol. The summed E-state index contributed by atoms with van der Waals surface area (Å²) < 4.78 is 5.34. The first kappa shape index (κ1) is 19.7. The summed E-state index contributed by atoms with van der Waals surface area (Å²) in [7, 11) is 0. The number of hydrogen-bond acceptors (Lipinski definition) is 7. The average molecular weight is 396 g/mol. The van der Waals surface area contributed by atoms with Crippen LogP contribution in [0.1, 0.15) is 43.5 Å². The highest BCUT2D eigenvalue weighted by Crippen LogP contribution is 2.15. The molecule has 0 spiro atoms. The maximum atomic E-state index is 12.7. The van der Waals surface area contributed by atoms with Crippen LogP contribution in [0.5, 0.6) is 0 Å². The molecule has 0 N–H and O–H groups in total. The second-order valence-corrected chi connectivity index (χ2v) is 7.93. The number of rotatable bonds is 6. The minimum atomic E-state index is 0.0721. The number of carbonyl (C=O) groups is 1. The summed E-state index contributed by atoms with van der Waals surface area (Å²) in [5.41, 5.74) is 2.09. The molecule has 1 amide bonds. The van der Waals surface area contributed by atoms with Crippen LogP contribution in [0.15, 0.2) is 40.0 Å². The predicted octanol–water partition coefficient (Wildman–Crippen LogP) is 1.95. The van der Waals surface area contributed by atoms with Gasteiger partial charge in [0.25, 0.3) is 5.91 Å². The zero-order chi connectivity index (χ0) is 20.2. The van der Waals surface area contributed by atoms with Gasteiger partial charge in [0.05, 0.1) is 25.3 Å². The van der Waals surface area contributed by atoms with Crippen molar-refractivity contribution < 1.29 is 9.32 Å². The summed E-state index contributed by atoms with van der Waals surface area (Å²) in [4.78, 5) is 21.6. The molecule has 0 aliphatic carbocycles. The smallest absolute Gasteiger partial charge is 0.256 e. The molecular weight excluding hydrogens is 368 g/mol. The topological polar surface area (TPSA) is 78.1 Å². The third-order valence-corrected chi connectivity index (χ3v) is 5.38. The van der Waals surface area contributed by atoms with E-state index in [1.54, 1.807) is 5.01 Å². The third-order valence-electron chi connectivity index (χ3n) is 5.38. The van der Waals surface area contributed by atoms with E-state index in [0.29, 0.717) is 25.5 Å². The Morgan fingerprint density at radius 2 is 1.79 bits per heavy atom. The van der Waals surface area contributed by atoms with Crippen LogP contribution in [-0.4, -0.2) is 75.8 Å². The van der Waals surface area contributed by atoms with Crippen molar-refractivity contribution in [2.24, 2.45) is 5.10 Å². The van der Waals surface area contributed by atoms with E-state index >= 15 is 0 Å². The molecule has 1 aromatic heterocycles. The molecule has 1 aromatic carbocycles. The molecule has 1 saturated heterocycles. The number of benzene rings is 1. The van der Waals surface area contributed by atoms with Gasteiger partial charge in [-0.1, -0.05) is 49.3 Å². The van der Waals surface area contributed by atoms with Gasteiger partial charge in [0.2, 0.25) is 5.89 Å². The molecule has 8 nitrogen and oxygen atoms in total. The summed E-state index contributed by atoms with van der Waals surface area (Å²) in [6.45, 7) is 9.31. The lowest BCUT2D eigenvalue weighted by molar-refractivity contribution is -0.132. The molecule has 0 saturated carbocycles. The monoisotopic (exact) mass is 396 g/mol. The summed E-state index contributed by atoms with van der Waals surface area (Å²) >= 11 is 0. The van der Waals surface area contributed by atoms with Gasteiger partial charge in [0, 0.05) is 38.5 Å². The summed E-state index contributed by atoms with van der Waals surface area (Å²) in [6, 6.07) is 10.1. The number of hydrazone groups is 1. The number of nitrogens with zero attached hydrogens (tertiary/aromatic N) is 6. The SMILES string of the molecule is CC(C)c1noc(CN2CCN(CC(=O)N3CCC(c4ccccc4)=N3)CC2)n1. The second kappa shape index (κ2) is 8.84. The highest BCUT2D eigenvalue weighted by molar-refractivity contribution is 6.02. The number of piperazine rings is 1. The van der Waals surface area contributed by atoms with E-state index < -0.39 is 0 Å². The van der Waals surface area contributed by atoms with Crippen LogP contribution in [-0.2, 0) is 11.3 Å². The number of carbonyl (C=O) groups excluding carboxylic acids is 1. The fourth-order valence-corrected chi connectivity index (χ4v) is 3.61. The molecule has 1 fully saturated rings. The van der Waals surface area contributed by atoms with Gasteiger partial charge in [-0.2, -0.15) is 10.1 Å². The number of aromatic nitrogens is 2. The third kappa shape index (κ3) is 4.89. The molecule has 0 bridgehead atoms. The van der Waals surface area contributed by atoms with Gasteiger partial charge in [-0.05, 0) is 5.56 Å². The van der Waals surface area contributed by atoms with Crippen LogP contribution in [0.2, 0.25) is 0 Å². The van der Waals surface area contributed by atoms with Crippen LogP contribution in [0.4, 0.5) is 0 Å². The van der Waals surface area contributed by atoms with Crippen molar-refractivity contribution in [2.75, 3.05) is 39.3 Å². The first-order valence-electron chi connectivity index (χ1n) is 10.3.